The summed E-state index contributed by atoms with van der Waals surface area (Å²) in [6, 6.07) is 18.2. The number of carbonyl (C=O) groups excluding carboxylic acids is 5. The summed E-state index contributed by atoms with van der Waals surface area (Å²) in [5.41, 5.74) is 32.1. The van der Waals surface area contributed by atoms with Crippen LogP contribution in [0.1, 0.15) is 79.6 Å². The molecule has 0 heterocycles. The highest BCUT2D eigenvalue weighted by molar-refractivity contribution is 7.88. The topological polar surface area (TPSA) is 404 Å². The third-order valence-electron chi connectivity index (χ3n) is 12.5. The number of hydrogen-bond acceptors (Lipinski definition) is 17. The zero-order valence-electron chi connectivity index (χ0n) is 40.7. The fraction of sp³-hybridized carbons (Fsp3) is 0. The molecule has 0 radical (unpaired) electrons. The molecule has 0 amide bonds. The Hall–Kier alpha value is -10.9. The number of Topliss-reactive ketones (excluding diaryl/α,β-unsaturated/α-hetero) is 4. The Morgan fingerprint density at radius 2 is 0.683 bits per heavy atom. The molecule has 6 aromatic carbocycles. The van der Waals surface area contributed by atoms with Crippen molar-refractivity contribution in [2.45, 2.75) is 19.6 Å². The molecule has 404 valence electrons. The van der Waals surface area contributed by atoms with E-state index in [1.807, 2.05) is 0 Å². The Morgan fingerprint density at radius 1 is 0.354 bits per heavy atom. The van der Waals surface area contributed by atoms with Gasteiger partial charge >= 0.3 is 63.3 Å². The lowest BCUT2D eigenvalue weighted by atomic mass is 9.95. The monoisotopic (exact) mass is 1170 g/mol. The van der Waals surface area contributed by atoms with Crippen molar-refractivity contribution >= 4 is 117 Å². The van der Waals surface area contributed by atoms with Crippen LogP contribution in [0.5, 0.6) is 23.0 Å². The highest BCUT2D eigenvalue weighted by atomic mass is 32.2. The smallest absolute Gasteiger partial charge is 0.362 e. The molecular weight excluding hydrogens is 1150 g/mol. The zero-order chi connectivity index (χ0) is 58.6. The van der Waals surface area contributed by atoms with Gasteiger partial charge in [-0.2, -0.15) is 52.8 Å². The summed E-state index contributed by atoms with van der Waals surface area (Å²) in [5, 5.41) is 0. The third-order valence-corrected chi connectivity index (χ3v) is 17.7. The van der Waals surface area contributed by atoms with Crippen molar-refractivity contribution in [3.8, 4) is 23.0 Å². The minimum absolute atomic E-state index is 0.194. The van der Waals surface area contributed by atoms with Gasteiger partial charge in [0, 0.05) is 80.4 Å². The van der Waals surface area contributed by atoms with Gasteiger partial charge in [0.05, 0.1) is 5.56 Å². The van der Waals surface area contributed by atoms with Crippen molar-refractivity contribution in [2.24, 2.45) is 0 Å². The molecule has 82 heavy (non-hydrogen) atoms. The Labute approximate surface area is 461 Å². The van der Waals surface area contributed by atoms with Crippen LogP contribution in [0.25, 0.3) is 46.4 Å². The predicted molar refractivity (Wildman–Crippen MR) is 281 cm³/mol. The first-order valence-electron chi connectivity index (χ1n) is 22.9. The van der Waals surface area contributed by atoms with Gasteiger partial charge in [-0.15, -0.1) is 0 Å². The van der Waals surface area contributed by atoms with Crippen molar-refractivity contribution < 1.29 is 93.5 Å². The van der Waals surface area contributed by atoms with Crippen molar-refractivity contribution in [1.82, 2.24) is 0 Å². The molecule has 0 saturated carbocycles. The van der Waals surface area contributed by atoms with Gasteiger partial charge in [-0.1, -0.05) is 48.5 Å². The Kier molecular flexibility index (Phi) is 13.6. The lowest BCUT2D eigenvalue weighted by Gasteiger charge is -2.18. The highest BCUT2D eigenvalue weighted by Gasteiger charge is 2.37. The molecule has 0 spiro atoms. The second-order valence-electron chi connectivity index (χ2n) is 17.3. The van der Waals surface area contributed by atoms with Gasteiger partial charge in [0.1, 0.15) is 25.3 Å². The molecule has 25 nitrogen and oxygen atoms in total. The quantitative estimate of drug-likeness (QED) is 0.0561. The van der Waals surface area contributed by atoms with Crippen LogP contribution < -0.4 is 16.7 Å². The molecule has 0 saturated heterocycles. The lowest BCUT2D eigenvalue weighted by molar-refractivity contribution is -0.00459. The summed E-state index contributed by atoms with van der Waals surface area (Å²) in [5.74, 6) is -8.55. The van der Waals surface area contributed by atoms with E-state index < -0.39 is 146 Å². The van der Waals surface area contributed by atoms with Crippen LogP contribution in [-0.2, 0) is 40.5 Å². The minimum Gasteiger partial charge on any atom is -0.379 e. The Morgan fingerprint density at radius 3 is 1.04 bits per heavy atom. The van der Waals surface area contributed by atoms with Crippen LogP contribution in [0.3, 0.4) is 0 Å². The van der Waals surface area contributed by atoms with Crippen LogP contribution >= 0.6 is 0 Å². The second kappa shape index (κ2) is 20.4. The molecule has 0 unspecified atom stereocenters. The van der Waals surface area contributed by atoms with Crippen LogP contribution in [0, 0.1) is 0 Å². The number of fused-ring (bicyclic) bond motifs is 4. The van der Waals surface area contributed by atoms with E-state index >= 15 is 0 Å². The van der Waals surface area contributed by atoms with E-state index in [0.29, 0.717) is 12.1 Å². The maximum atomic E-state index is 14.9. The lowest BCUT2D eigenvalue weighted by Crippen LogP contribution is -2.22. The summed E-state index contributed by atoms with van der Waals surface area (Å²) >= 11 is 0. The number of nitrogens with zero attached hydrogens (tertiary/aromatic N) is 8. The standard InChI is InChI=1S/C53H26N8O17S4/c54-58-38-20-16-29-33(50(38)63)5-1-9-45(29)79(67,68)75-28-14-15-37(43(26-28)77-81(71,72)47-11-3-7-35-31(47)18-22-40(60-56)52(35)65)49(62)27-13-24-42(76-80(69,70)46-10-2-6-34-30(46)17-21-39(59-55)51(34)64)44(25-27)78-82(73,74)48-12-4-8-36-32(48)19-23-41(61-57)53(36)66/h1-26H. The van der Waals surface area contributed by atoms with Gasteiger partial charge in [-0.3, -0.25) is 24.0 Å². The van der Waals surface area contributed by atoms with Gasteiger partial charge in [-0.05, 0) is 78.9 Å². The van der Waals surface area contributed by atoms with E-state index in [4.69, 9.17) is 16.7 Å². The molecule has 0 aliphatic heterocycles. The number of carbonyl (C=O) groups is 5. The van der Waals surface area contributed by atoms with E-state index in [2.05, 4.69) is 19.2 Å². The Bertz CT molecular complexity index is 4880. The van der Waals surface area contributed by atoms with E-state index in [1.54, 1.807) is 0 Å². The van der Waals surface area contributed by atoms with Crippen molar-refractivity contribution in [2.75, 3.05) is 0 Å². The molecule has 29 heteroatoms. The van der Waals surface area contributed by atoms with Crippen molar-refractivity contribution in [3.05, 3.63) is 211 Å². The van der Waals surface area contributed by atoms with Crippen molar-refractivity contribution in [1.29, 1.82) is 0 Å². The first-order chi connectivity index (χ1) is 39.0. The molecule has 10 rings (SSSR count). The minimum atomic E-state index is -5.27. The summed E-state index contributed by atoms with van der Waals surface area (Å²) in [6.07, 6.45) is 8.53. The van der Waals surface area contributed by atoms with E-state index in [-0.39, 0.29) is 44.5 Å². The fourth-order valence-corrected chi connectivity index (χ4v) is 13.4. The Balaban J connectivity index is 1.10. The molecule has 0 aromatic heterocycles. The molecule has 4 aliphatic carbocycles. The molecule has 0 fully saturated rings. The normalized spacial score (nSPS) is 14.3. The molecule has 0 bridgehead atoms. The number of benzene rings is 6. The maximum absolute atomic E-state index is 14.9. The third kappa shape index (κ3) is 9.57. The van der Waals surface area contributed by atoms with E-state index in [9.17, 15) is 79.8 Å². The SMILES string of the molecule is [N-]=[N+]=C1C=Cc2c(cccc2S(=O)(=O)Oc2ccc(C(=O)c3ccc(OS(=O)(=O)c4cccc5c4C=CC(=[N+]=[N-])C5=O)c(OS(=O)(=O)c4cccc5c4C=CC(=[N+]=[N-])C5=O)c3)c(OS(=O)(=O)c3cccc4c3C=CC(=[N+]=[N-])C4=O)c2)C1=O. The zero-order valence-corrected chi connectivity index (χ0v) is 43.9. The molecule has 0 N–H and O–H groups in total. The summed E-state index contributed by atoms with van der Waals surface area (Å²) < 4.78 is 136. The maximum Gasteiger partial charge on any atom is 0.362 e. The van der Waals surface area contributed by atoms with Crippen molar-refractivity contribution in [3.63, 3.8) is 0 Å². The van der Waals surface area contributed by atoms with Crippen LogP contribution in [0.4, 0.5) is 0 Å². The second-order valence-corrected chi connectivity index (χ2v) is 23.3. The molecule has 0 atom stereocenters. The molecule has 4 aliphatic rings. The highest BCUT2D eigenvalue weighted by Crippen LogP contribution is 2.40. The molecule has 6 aromatic rings. The first kappa shape index (κ1) is 54.5. The number of allylic oxidation sites excluding steroid dienone is 4. The average molecular weight is 1180 g/mol. The number of hydrogen-bond donors (Lipinski definition) is 0. The fourth-order valence-electron chi connectivity index (χ4n) is 8.76. The summed E-state index contributed by atoms with van der Waals surface area (Å²) in [4.78, 5) is 76.0. The van der Waals surface area contributed by atoms with Gasteiger partial charge in [0.2, 0.25) is 0 Å². The van der Waals surface area contributed by atoms with E-state index in [0.717, 1.165) is 115 Å². The summed E-state index contributed by atoms with van der Waals surface area (Å²) in [7, 11) is -20.7. The largest absolute Gasteiger partial charge is 0.379 e. The van der Waals surface area contributed by atoms with Crippen LogP contribution in [0.2, 0.25) is 0 Å². The number of ketones is 5. The van der Waals surface area contributed by atoms with Crippen LogP contribution in [0.15, 0.2) is 153 Å². The number of rotatable bonds is 14. The van der Waals surface area contributed by atoms with Gasteiger partial charge in [0.15, 0.2) is 23.0 Å². The van der Waals surface area contributed by atoms with Gasteiger partial charge < -0.3 is 38.9 Å². The summed E-state index contributed by atoms with van der Waals surface area (Å²) in [6.45, 7) is 0. The van der Waals surface area contributed by atoms with Gasteiger partial charge in [0.25, 0.3) is 23.1 Å². The van der Waals surface area contributed by atoms with Crippen LogP contribution in [-0.4, -0.2) is 105 Å². The molecular formula is C53H26N8O17S4. The van der Waals surface area contributed by atoms with Gasteiger partial charge in [-0.25, -0.2) is 0 Å². The average Bonchev–Trinajstić information content (AvgIpc) is 3.60. The first-order valence-corrected chi connectivity index (χ1v) is 28.6. The van der Waals surface area contributed by atoms with E-state index in [1.165, 1.54) is 30.3 Å². The predicted octanol–water partition coefficient (Wildman–Crippen LogP) is 5.51.